The SMILES string of the molecule is CC(C)N1CC(=O)Nc2c(CN)cccc21. The lowest BCUT2D eigenvalue weighted by molar-refractivity contribution is -0.115. The predicted molar refractivity (Wildman–Crippen MR) is 65.4 cm³/mol. The van der Waals surface area contributed by atoms with Crippen LogP contribution in [0.15, 0.2) is 18.2 Å². The average Bonchev–Trinajstić information content (AvgIpc) is 2.27. The number of carbonyl (C=O) groups is 1. The molecule has 3 N–H and O–H groups in total. The number of rotatable bonds is 2. The van der Waals surface area contributed by atoms with Crippen molar-refractivity contribution in [3.05, 3.63) is 23.8 Å². The molecular weight excluding hydrogens is 202 g/mol. The largest absolute Gasteiger partial charge is 0.358 e. The summed E-state index contributed by atoms with van der Waals surface area (Å²) in [6.45, 7) is 5.02. The van der Waals surface area contributed by atoms with Gasteiger partial charge in [0.05, 0.1) is 17.9 Å². The molecule has 4 nitrogen and oxygen atoms in total. The van der Waals surface area contributed by atoms with Crippen LogP contribution in [0.4, 0.5) is 11.4 Å². The quantitative estimate of drug-likeness (QED) is 0.788. The second-order valence-electron chi connectivity index (χ2n) is 4.29. The van der Waals surface area contributed by atoms with Crippen LogP contribution in [-0.4, -0.2) is 18.5 Å². The minimum Gasteiger partial charge on any atom is -0.358 e. The van der Waals surface area contributed by atoms with E-state index in [1.54, 1.807) is 0 Å². The first kappa shape index (κ1) is 11.0. The molecule has 2 rings (SSSR count). The third-order valence-electron chi connectivity index (χ3n) is 2.86. The molecule has 1 heterocycles. The van der Waals surface area contributed by atoms with Gasteiger partial charge in [-0.2, -0.15) is 0 Å². The molecule has 1 amide bonds. The molecule has 1 aliphatic rings. The first-order valence-corrected chi connectivity index (χ1v) is 5.52. The number of nitrogens with two attached hydrogens (primary N) is 1. The van der Waals surface area contributed by atoms with Crippen LogP contribution in [0.1, 0.15) is 19.4 Å². The van der Waals surface area contributed by atoms with E-state index in [1.165, 1.54) is 0 Å². The normalized spacial score (nSPS) is 15.0. The molecule has 0 atom stereocenters. The van der Waals surface area contributed by atoms with Gasteiger partial charge in [0.15, 0.2) is 0 Å². The smallest absolute Gasteiger partial charge is 0.243 e. The summed E-state index contributed by atoms with van der Waals surface area (Å²) in [4.78, 5) is 13.7. The maximum absolute atomic E-state index is 11.6. The molecule has 4 heteroatoms. The van der Waals surface area contributed by atoms with Crippen LogP contribution in [0.5, 0.6) is 0 Å². The summed E-state index contributed by atoms with van der Waals surface area (Å²) in [6.07, 6.45) is 0. The fourth-order valence-electron chi connectivity index (χ4n) is 2.02. The topological polar surface area (TPSA) is 58.4 Å². The number of carbonyl (C=O) groups excluding carboxylic acids is 1. The molecule has 0 saturated carbocycles. The Balaban J connectivity index is 2.51. The van der Waals surface area contributed by atoms with Gasteiger partial charge < -0.3 is 16.0 Å². The summed E-state index contributed by atoms with van der Waals surface area (Å²) in [5, 5.41) is 2.90. The second kappa shape index (κ2) is 4.14. The Labute approximate surface area is 95.4 Å². The highest BCUT2D eigenvalue weighted by Gasteiger charge is 2.24. The fraction of sp³-hybridized carbons (Fsp3) is 0.417. The first-order chi connectivity index (χ1) is 7.63. The van der Waals surface area contributed by atoms with Crippen molar-refractivity contribution in [3.8, 4) is 0 Å². The summed E-state index contributed by atoms with van der Waals surface area (Å²) in [7, 11) is 0. The maximum atomic E-state index is 11.6. The highest BCUT2D eigenvalue weighted by atomic mass is 16.2. The summed E-state index contributed by atoms with van der Waals surface area (Å²) in [6, 6.07) is 6.25. The molecule has 0 aliphatic carbocycles. The minimum atomic E-state index is 0.0297. The van der Waals surface area contributed by atoms with Gasteiger partial charge in [-0.25, -0.2) is 0 Å². The van der Waals surface area contributed by atoms with Crippen LogP contribution in [0.3, 0.4) is 0 Å². The van der Waals surface area contributed by atoms with Crippen LogP contribution in [0.25, 0.3) is 0 Å². The molecule has 1 aliphatic heterocycles. The zero-order valence-electron chi connectivity index (χ0n) is 9.66. The molecule has 0 unspecified atom stereocenters. The number of para-hydroxylation sites is 1. The first-order valence-electron chi connectivity index (χ1n) is 5.52. The average molecular weight is 219 g/mol. The minimum absolute atomic E-state index is 0.0297. The van der Waals surface area contributed by atoms with E-state index in [4.69, 9.17) is 5.73 Å². The highest BCUT2D eigenvalue weighted by molar-refractivity contribution is 6.02. The molecule has 0 saturated heterocycles. The number of hydrogen-bond acceptors (Lipinski definition) is 3. The van der Waals surface area contributed by atoms with Gasteiger partial charge in [0.25, 0.3) is 0 Å². The third-order valence-corrected chi connectivity index (χ3v) is 2.86. The van der Waals surface area contributed by atoms with Crippen LogP contribution in [0, 0.1) is 0 Å². The molecular formula is C12H17N3O. The van der Waals surface area contributed by atoms with Crippen molar-refractivity contribution in [2.45, 2.75) is 26.4 Å². The third kappa shape index (κ3) is 1.76. The summed E-state index contributed by atoms with van der Waals surface area (Å²) in [5.74, 6) is 0.0297. The zero-order chi connectivity index (χ0) is 11.7. The van der Waals surface area contributed by atoms with Crippen molar-refractivity contribution in [1.82, 2.24) is 0 Å². The molecule has 0 aromatic heterocycles. The highest BCUT2D eigenvalue weighted by Crippen LogP contribution is 2.33. The maximum Gasteiger partial charge on any atom is 0.243 e. The van der Waals surface area contributed by atoms with Gasteiger partial charge in [0.2, 0.25) is 5.91 Å². The molecule has 86 valence electrons. The number of nitrogens with one attached hydrogen (secondary N) is 1. The van der Waals surface area contributed by atoms with Gasteiger partial charge in [-0.05, 0) is 25.5 Å². The van der Waals surface area contributed by atoms with E-state index >= 15 is 0 Å². The van der Waals surface area contributed by atoms with Gasteiger partial charge in [-0.15, -0.1) is 0 Å². The van der Waals surface area contributed by atoms with E-state index in [-0.39, 0.29) is 5.91 Å². The van der Waals surface area contributed by atoms with Crippen LogP contribution < -0.4 is 16.0 Å². The molecule has 1 aromatic rings. The van der Waals surface area contributed by atoms with Gasteiger partial charge in [-0.1, -0.05) is 12.1 Å². The van der Waals surface area contributed by atoms with Crippen molar-refractivity contribution in [2.75, 3.05) is 16.8 Å². The summed E-state index contributed by atoms with van der Waals surface area (Å²) < 4.78 is 0. The van der Waals surface area contributed by atoms with Gasteiger partial charge >= 0.3 is 0 Å². The van der Waals surface area contributed by atoms with E-state index in [0.29, 0.717) is 19.1 Å². The molecule has 0 bridgehead atoms. The molecule has 1 aromatic carbocycles. The van der Waals surface area contributed by atoms with Gasteiger partial charge in [0, 0.05) is 12.6 Å². The van der Waals surface area contributed by atoms with Crippen LogP contribution in [-0.2, 0) is 11.3 Å². The summed E-state index contributed by atoms with van der Waals surface area (Å²) >= 11 is 0. The summed E-state index contributed by atoms with van der Waals surface area (Å²) in [5.41, 5.74) is 8.59. The molecule has 0 radical (unpaired) electrons. The Bertz CT molecular complexity index is 415. The lowest BCUT2D eigenvalue weighted by Gasteiger charge is -2.35. The lowest BCUT2D eigenvalue weighted by Crippen LogP contribution is -2.42. The van der Waals surface area contributed by atoms with Crippen molar-refractivity contribution >= 4 is 17.3 Å². The van der Waals surface area contributed by atoms with E-state index < -0.39 is 0 Å². The Hall–Kier alpha value is -1.55. The number of benzene rings is 1. The Morgan fingerprint density at radius 2 is 2.25 bits per heavy atom. The standard InChI is InChI=1S/C12H17N3O/c1-8(2)15-7-11(16)14-12-9(6-13)4-3-5-10(12)15/h3-5,8H,6-7,13H2,1-2H3,(H,14,16). The Morgan fingerprint density at radius 3 is 2.88 bits per heavy atom. The molecule has 0 fully saturated rings. The fourth-order valence-corrected chi connectivity index (χ4v) is 2.02. The number of hydrogen-bond donors (Lipinski definition) is 2. The van der Waals surface area contributed by atoms with E-state index in [2.05, 4.69) is 24.1 Å². The number of amides is 1. The van der Waals surface area contributed by atoms with Crippen molar-refractivity contribution < 1.29 is 4.79 Å². The van der Waals surface area contributed by atoms with Crippen LogP contribution in [0.2, 0.25) is 0 Å². The zero-order valence-corrected chi connectivity index (χ0v) is 9.66. The lowest BCUT2D eigenvalue weighted by atomic mass is 10.1. The second-order valence-corrected chi connectivity index (χ2v) is 4.29. The van der Waals surface area contributed by atoms with E-state index in [0.717, 1.165) is 16.9 Å². The number of fused-ring (bicyclic) bond motifs is 1. The predicted octanol–water partition coefficient (Wildman–Crippen LogP) is 1.31. The van der Waals surface area contributed by atoms with Crippen molar-refractivity contribution in [2.24, 2.45) is 5.73 Å². The van der Waals surface area contributed by atoms with Crippen molar-refractivity contribution in [1.29, 1.82) is 0 Å². The Morgan fingerprint density at radius 1 is 1.50 bits per heavy atom. The van der Waals surface area contributed by atoms with Crippen LogP contribution >= 0.6 is 0 Å². The monoisotopic (exact) mass is 219 g/mol. The molecule has 0 spiro atoms. The van der Waals surface area contributed by atoms with Gasteiger partial charge in [-0.3, -0.25) is 4.79 Å². The van der Waals surface area contributed by atoms with E-state index in [1.807, 2.05) is 18.2 Å². The van der Waals surface area contributed by atoms with Crippen molar-refractivity contribution in [3.63, 3.8) is 0 Å². The van der Waals surface area contributed by atoms with E-state index in [9.17, 15) is 4.79 Å². The Kier molecular flexibility index (Phi) is 2.83. The number of nitrogens with zero attached hydrogens (tertiary/aromatic N) is 1. The number of anilines is 2. The molecule has 16 heavy (non-hydrogen) atoms. The van der Waals surface area contributed by atoms with Gasteiger partial charge in [0.1, 0.15) is 0 Å².